The Morgan fingerprint density at radius 1 is 1.32 bits per heavy atom. The minimum atomic E-state index is 0.173. The number of carbonyl (C=O) groups is 1. The van der Waals surface area contributed by atoms with Crippen molar-refractivity contribution in [3.05, 3.63) is 23.9 Å². The number of nitrogens with one attached hydrogen (secondary N) is 1. The van der Waals surface area contributed by atoms with Crippen LogP contribution in [0.2, 0.25) is 0 Å². The summed E-state index contributed by atoms with van der Waals surface area (Å²) in [6.07, 6.45) is 0. The number of aromatic nitrogens is 1. The van der Waals surface area contributed by atoms with E-state index in [1.165, 1.54) is 0 Å². The Hall–Kier alpha value is -1.62. The first-order valence-electron chi connectivity index (χ1n) is 6.86. The summed E-state index contributed by atoms with van der Waals surface area (Å²) in [5.74, 6) is 1.11. The van der Waals surface area contributed by atoms with Crippen LogP contribution in [0, 0.1) is 0 Å². The van der Waals surface area contributed by atoms with Gasteiger partial charge in [0, 0.05) is 46.2 Å². The van der Waals surface area contributed by atoms with Crippen molar-refractivity contribution in [1.29, 1.82) is 0 Å². The molecule has 0 spiro atoms. The summed E-state index contributed by atoms with van der Waals surface area (Å²) in [5, 5.41) is 3.22. The molecule has 104 valence electrons. The molecule has 0 saturated carbocycles. The largest absolute Gasteiger partial charge is 0.370 e. The van der Waals surface area contributed by atoms with Crippen molar-refractivity contribution in [2.45, 2.75) is 20.4 Å². The Bertz CT molecular complexity index is 427. The average Bonchev–Trinajstić information content (AvgIpc) is 2.40. The Morgan fingerprint density at radius 3 is 2.68 bits per heavy atom. The molecule has 0 aromatic carbocycles. The van der Waals surface area contributed by atoms with Crippen LogP contribution >= 0.6 is 0 Å². The van der Waals surface area contributed by atoms with Gasteiger partial charge in [-0.3, -0.25) is 9.69 Å². The van der Waals surface area contributed by atoms with E-state index in [-0.39, 0.29) is 5.91 Å². The third kappa shape index (κ3) is 3.92. The van der Waals surface area contributed by atoms with Gasteiger partial charge in [0.15, 0.2) is 0 Å². The molecule has 1 aliphatic rings. The smallest absolute Gasteiger partial charge is 0.219 e. The highest BCUT2D eigenvalue weighted by Crippen LogP contribution is 2.09. The molecule has 0 atom stereocenters. The van der Waals surface area contributed by atoms with E-state index in [0.29, 0.717) is 0 Å². The van der Waals surface area contributed by atoms with Gasteiger partial charge in [-0.15, -0.1) is 0 Å². The van der Waals surface area contributed by atoms with E-state index in [1.54, 1.807) is 6.92 Å². The predicted octanol–water partition coefficient (Wildman–Crippen LogP) is 1.18. The van der Waals surface area contributed by atoms with Crippen molar-refractivity contribution in [3.63, 3.8) is 0 Å². The fraction of sp³-hybridized carbons (Fsp3) is 0.571. The summed E-state index contributed by atoms with van der Waals surface area (Å²) in [5.41, 5.74) is 1.08. The molecule has 2 rings (SSSR count). The van der Waals surface area contributed by atoms with Gasteiger partial charge in [0.2, 0.25) is 5.91 Å². The molecule has 5 heteroatoms. The zero-order chi connectivity index (χ0) is 13.7. The van der Waals surface area contributed by atoms with Crippen molar-refractivity contribution in [1.82, 2.24) is 14.8 Å². The average molecular weight is 262 g/mol. The minimum Gasteiger partial charge on any atom is -0.370 e. The highest BCUT2D eigenvalue weighted by molar-refractivity contribution is 5.73. The van der Waals surface area contributed by atoms with Crippen LogP contribution in [0.5, 0.6) is 0 Å². The SMILES string of the molecule is CCNc1cccc(CN2CCN(C(C)=O)CC2)n1. The summed E-state index contributed by atoms with van der Waals surface area (Å²) < 4.78 is 0. The van der Waals surface area contributed by atoms with Crippen LogP contribution in [-0.2, 0) is 11.3 Å². The van der Waals surface area contributed by atoms with E-state index >= 15 is 0 Å². The number of nitrogens with zero attached hydrogens (tertiary/aromatic N) is 3. The number of piperazine rings is 1. The fourth-order valence-corrected chi connectivity index (χ4v) is 2.30. The van der Waals surface area contributed by atoms with E-state index in [9.17, 15) is 4.79 Å². The molecule has 5 nitrogen and oxygen atoms in total. The van der Waals surface area contributed by atoms with E-state index in [2.05, 4.69) is 28.2 Å². The number of hydrogen-bond acceptors (Lipinski definition) is 4. The molecule has 1 aliphatic heterocycles. The van der Waals surface area contributed by atoms with Gasteiger partial charge in [0.05, 0.1) is 5.69 Å². The maximum Gasteiger partial charge on any atom is 0.219 e. The van der Waals surface area contributed by atoms with E-state index in [4.69, 9.17) is 0 Å². The minimum absolute atomic E-state index is 0.173. The molecule has 1 amide bonds. The third-order valence-corrected chi connectivity index (χ3v) is 3.37. The maximum absolute atomic E-state index is 11.3. The number of carbonyl (C=O) groups excluding carboxylic acids is 1. The van der Waals surface area contributed by atoms with Gasteiger partial charge in [-0.1, -0.05) is 6.07 Å². The van der Waals surface area contributed by atoms with Gasteiger partial charge in [0.25, 0.3) is 0 Å². The summed E-state index contributed by atoms with van der Waals surface area (Å²) >= 11 is 0. The normalized spacial score (nSPS) is 16.4. The van der Waals surface area contributed by atoms with Crippen molar-refractivity contribution in [2.75, 3.05) is 38.0 Å². The van der Waals surface area contributed by atoms with Crippen LogP contribution in [0.15, 0.2) is 18.2 Å². The molecule has 19 heavy (non-hydrogen) atoms. The molecule has 0 unspecified atom stereocenters. The van der Waals surface area contributed by atoms with Gasteiger partial charge < -0.3 is 10.2 Å². The second-order valence-electron chi connectivity index (χ2n) is 4.83. The van der Waals surface area contributed by atoms with Crippen LogP contribution < -0.4 is 5.32 Å². The molecule has 2 heterocycles. The molecule has 1 saturated heterocycles. The number of anilines is 1. The zero-order valence-electron chi connectivity index (χ0n) is 11.7. The van der Waals surface area contributed by atoms with Crippen LogP contribution in [0.3, 0.4) is 0 Å². The number of pyridine rings is 1. The lowest BCUT2D eigenvalue weighted by Crippen LogP contribution is -2.47. The van der Waals surface area contributed by atoms with E-state index in [0.717, 1.165) is 50.8 Å². The lowest BCUT2D eigenvalue weighted by atomic mass is 10.2. The van der Waals surface area contributed by atoms with Gasteiger partial charge in [0.1, 0.15) is 5.82 Å². The van der Waals surface area contributed by atoms with E-state index in [1.807, 2.05) is 17.0 Å². The predicted molar refractivity (Wildman–Crippen MR) is 75.9 cm³/mol. The molecule has 1 N–H and O–H groups in total. The van der Waals surface area contributed by atoms with Crippen LogP contribution in [0.4, 0.5) is 5.82 Å². The third-order valence-electron chi connectivity index (χ3n) is 3.37. The van der Waals surface area contributed by atoms with Crippen molar-refractivity contribution >= 4 is 11.7 Å². The highest BCUT2D eigenvalue weighted by Gasteiger charge is 2.18. The van der Waals surface area contributed by atoms with Gasteiger partial charge in [-0.2, -0.15) is 0 Å². The van der Waals surface area contributed by atoms with Crippen molar-refractivity contribution in [2.24, 2.45) is 0 Å². The number of rotatable bonds is 4. The Balaban J connectivity index is 1.88. The van der Waals surface area contributed by atoms with Gasteiger partial charge in [-0.05, 0) is 19.1 Å². The van der Waals surface area contributed by atoms with Gasteiger partial charge in [-0.25, -0.2) is 4.98 Å². The lowest BCUT2D eigenvalue weighted by Gasteiger charge is -2.33. The van der Waals surface area contributed by atoms with Crippen LogP contribution in [0.1, 0.15) is 19.5 Å². The first kappa shape index (κ1) is 13.8. The molecule has 1 aromatic heterocycles. The van der Waals surface area contributed by atoms with Crippen molar-refractivity contribution < 1.29 is 4.79 Å². The van der Waals surface area contributed by atoms with Gasteiger partial charge >= 0.3 is 0 Å². The Kier molecular flexibility index (Phi) is 4.74. The number of amides is 1. The second kappa shape index (κ2) is 6.52. The maximum atomic E-state index is 11.3. The van der Waals surface area contributed by atoms with Crippen LogP contribution in [-0.4, -0.2) is 53.4 Å². The highest BCUT2D eigenvalue weighted by atomic mass is 16.2. The van der Waals surface area contributed by atoms with Crippen LogP contribution in [0.25, 0.3) is 0 Å². The Morgan fingerprint density at radius 2 is 2.05 bits per heavy atom. The quantitative estimate of drug-likeness (QED) is 0.885. The molecular weight excluding hydrogens is 240 g/mol. The molecule has 0 aliphatic carbocycles. The monoisotopic (exact) mass is 262 g/mol. The zero-order valence-corrected chi connectivity index (χ0v) is 11.7. The van der Waals surface area contributed by atoms with Crippen molar-refractivity contribution in [3.8, 4) is 0 Å². The summed E-state index contributed by atoms with van der Waals surface area (Å²) in [6.45, 7) is 8.93. The van der Waals surface area contributed by atoms with E-state index < -0.39 is 0 Å². The molecule has 1 aromatic rings. The molecule has 0 radical (unpaired) electrons. The second-order valence-corrected chi connectivity index (χ2v) is 4.83. The molecular formula is C14H22N4O. The first-order chi connectivity index (χ1) is 9.19. The topological polar surface area (TPSA) is 48.5 Å². The number of hydrogen-bond donors (Lipinski definition) is 1. The summed E-state index contributed by atoms with van der Waals surface area (Å²) in [6, 6.07) is 6.07. The first-order valence-corrected chi connectivity index (χ1v) is 6.86. The standard InChI is InChI=1S/C14H22N4O/c1-3-15-14-6-4-5-13(16-14)11-17-7-9-18(10-8-17)12(2)19/h4-6H,3,7-11H2,1-2H3,(H,15,16). The lowest BCUT2D eigenvalue weighted by molar-refractivity contribution is -0.130. The summed E-state index contributed by atoms with van der Waals surface area (Å²) in [7, 11) is 0. The molecule has 0 bridgehead atoms. The summed E-state index contributed by atoms with van der Waals surface area (Å²) in [4.78, 5) is 20.1. The molecule has 1 fully saturated rings. The fourth-order valence-electron chi connectivity index (χ4n) is 2.30. The Labute approximate surface area is 114 Å².